The van der Waals surface area contributed by atoms with Crippen LogP contribution in [0.5, 0.6) is 0 Å². The molecule has 10 aromatic carbocycles. The SMILES string of the molecule is [2H]c1c([2H])c(N(c2c([2H])c([2H])c(-c3c(-c4ccccc4)c4ccccc4c4ccccc34)c([2H])c2[2H])c2cc3ccccc3c3ccccc23)c([2H])c([2H])c1-c1ccccc1. The summed E-state index contributed by atoms with van der Waals surface area (Å²) >= 11 is 0. The maximum atomic E-state index is 9.95. The zero-order valence-corrected chi connectivity index (χ0v) is 28.5. The molecule has 0 heterocycles. The van der Waals surface area contributed by atoms with Crippen molar-refractivity contribution in [2.45, 2.75) is 0 Å². The van der Waals surface area contributed by atoms with Gasteiger partial charge in [-0.15, -0.1) is 0 Å². The number of rotatable bonds is 6. The molecule has 0 spiro atoms. The maximum Gasteiger partial charge on any atom is 0.0645 e. The summed E-state index contributed by atoms with van der Waals surface area (Å²) in [7, 11) is 0. The summed E-state index contributed by atoms with van der Waals surface area (Å²) in [6.45, 7) is 0. The Morgan fingerprint density at radius 1 is 0.302 bits per heavy atom. The van der Waals surface area contributed by atoms with Crippen molar-refractivity contribution in [1.82, 2.24) is 0 Å². The minimum absolute atomic E-state index is 0.113. The summed E-state index contributed by atoms with van der Waals surface area (Å²) in [4.78, 5) is 1.42. The lowest BCUT2D eigenvalue weighted by atomic mass is 9.85. The molecule has 1 nitrogen and oxygen atoms in total. The smallest absolute Gasteiger partial charge is 0.0645 e. The molecule has 248 valence electrons. The number of nitrogens with zero attached hydrogens (tertiary/aromatic N) is 1. The Kier molecular flexibility index (Phi) is 5.76. The van der Waals surface area contributed by atoms with Crippen LogP contribution in [0.25, 0.3) is 76.5 Å². The van der Waals surface area contributed by atoms with Crippen LogP contribution in [0, 0.1) is 0 Å². The van der Waals surface area contributed by atoms with Crippen molar-refractivity contribution in [1.29, 1.82) is 0 Å². The Morgan fingerprint density at radius 3 is 1.26 bits per heavy atom. The fraction of sp³-hybridized carbons (Fsp3) is 0. The average molecular weight is 682 g/mol. The molecule has 0 amide bonds. The molecule has 0 saturated heterocycles. The molecule has 0 bridgehead atoms. The quantitative estimate of drug-likeness (QED) is 0.158. The van der Waals surface area contributed by atoms with E-state index in [4.69, 9.17) is 0 Å². The third kappa shape index (κ3) is 5.34. The van der Waals surface area contributed by atoms with E-state index in [0.29, 0.717) is 22.2 Å². The summed E-state index contributed by atoms with van der Waals surface area (Å²) in [6.07, 6.45) is 0. The van der Waals surface area contributed by atoms with E-state index in [1.54, 1.807) is 24.3 Å². The Morgan fingerprint density at radius 2 is 0.698 bits per heavy atom. The van der Waals surface area contributed by atoms with Crippen molar-refractivity contribution in [3.63, 3.8) is 0 Å². The largest absolute Gasteiger partial charge is 0.310 e. The van der Waals surface area contributed by atoms with Crippen LogP contribution < -0.4 is 4.90 Å². The van der Waals surface area contributed by atoms with Crippen LogP contribution >= 0.6 is 0 Å². The molecule has 0 saturated carbocycles. The first-order valence-electron chi connectivity index (χ1n) is 21.6. The first-order valence-corrected chi connectivity index (χ1v) is 17.6. The third-order valence-electron chi connectivity index (χ3n) is 9.97. The molecule has 53 heavy (non-hydrogen) atoms. The summed E-state index contributed by atoms with van der Waals surface area (Å²) in [5, 5.41) is 6.80. The molecule has 0 unspecified atom stereocenters. The average Bonchev–Trinajstić information content (AvgIpc) is 3.30. The standard InChI is InChI=1S/C52H35N/c1-3-15-36(16-4-1)37-27-31-41(32-28-37)53(50-35-40-19-7-8-20-43(40)44-21-9-12-24-47(44)50)42-33-29-39(30-34-42)52-49-26-14-11-23-46(49)45-22-10-13-25-48(45)51(52)38-17-5-2-6-18-38/h1-35H/i27D,28D,29D,30D,31D,32D,33D,34D. The zero-order valence-electron chi connectivity index (χ0n) is 36.5. The molecular weight excluding hydrogens is 639 g/mol. The van der Waals surface area contributed by atoms with Gasteiger partial charge in [0.15, 0.2) is 0 Å². The van der Waals surface area contributed by atoms with Crippen LogP contribution in [0.1, 0.15) is 11.0 Å². The first kappa shape index (κ1) is 23.5. The molecule has 0 aliphatic rings. The first-order chi connectivity index (χ1) is 29.7. The van der Waals surface area contributed by atoms with Crippen molar-refractivity contribution in [3.8, 4) is 33.4 Å². The van der Waals surface area contributed by atoms with Crippen LogP contribution in [0.4, 0.5) is 17.1 Å². The van der Waals surface area contributed by atoms with E-state index in [9.17, 15) is 11.0 Å². The highest BCUT2D eigenvalue weighted by molar-refractivity contribution is 6.21. The molecule has 0 fully saturated rings. The van der Waals surface area contributed by atoms with E-state index in [2.05, 4.69) is 6.07 Å². The molecule has 0 N–H and O–H groups in total. The molecule has 0 aliphatic carbocycles. The Balaban J connectivity index is 1.35. The van der Waals surface area contributed by atoms with Crippen molar-refractivity contribution in [3.05, 3.63) is 212 Å². The molecule has 0 aromatic heterocycles. The second-order valence-electron chi connectivity index (χ2n) is 13.0. The van der Waals surface area contributed by atoms with Gasteiger partial charge in [0, 0.05) is 16.8 Å². The second-order valence-corrected chi connectivity index (χ2v) is 13.0. The van der Waals surface area contributed by atoms with Gasteiger partial charge in [0.1, 0.15) is 0 Å². The lowest BCUT2D eigenvalue weighted by Gasteiger charge is -2.28. The van der Waals surface area contributed by atoms with Crippen molar-refractivity contribution in [2.75, 3.05) is 4.90 Å². The van der Waals surface area contributed by atoms with Crippen LogP contribution in [-0.4, -0.2) is 0 Å². The van der Waals surface area contributed by atoms with Crippen molar-refractivity contribution >= 4 is 60.2 Å². The topological polar surface area (TPSA) is 3.24 Å². The number of hydrogen-bond donors (Lipinski definition) is 0. The van der Waals surface area contributed by atoms with Gasteiger partial charge in [0.2, 0.25) is 0 Å². The molecule has 0 atom stereocenters. The molecule has 0 radical (unpaired) electrons. The van der Waals surface area contributed by atoms with E-state index >= 15 is 0 Å². The second kappa shape index (κ2) is 13.0. The summed E-state index contributed by atoms with van der Waals surface area (Å²) < 4.78 is 77.6. The van der Waals surface area contributed by atoms with Gasteiger partial charge in [-0.2, -0.15) is 0 Å². The zero-order chi connectivity index (χ0) is 42.1. The third-order valence-corrected chi connectivity index (χ3v) is 9.97. The van der Waals surface area contributed by atoms with E-state index < -0.39 is 12.1 Å². The summed E-state index contributed by atoms with van der Waals surface area (Å²) in [5.74, 6) is 0. The number of benzene rings is 10. The number of fused-ring (bicyclic) bond motifs is 6. The number of anilines is 3. The molecular formula is C52H35N. The maximum absolute atomic E-state index is 9.95. The van der Waals surface area contributed by atoms with Gasteiger partial charge < -0.3 is 4.90 Å². The van der Waals surface area contributed by atoms with Gasteiger partial charge in [-0.25, -0.2) is 0 Å². The Labute approximate surface area is 320 Å². The van der Waals surface area contributed by atoms with Crippen molar-refractivity contribution < 1.29 is 11.0 Å². The molecule has 1 heteroatoms. The van der Waals surface area contributed by atoms with E-state index in [1.165, 1.54) is 4.90 Å². The highest BCUT2D eigenvalue weighted by Gasteiger charge is 2.20. The highest BCUT2D eigenvalue weighted by Crippen LogP contribution is 2.46. The Hall–Kier alpha value is -6.96. The predicted octanol–water partition coefficient (Wildman–Crippen LogP) is 14.8. The van der Waals surface area contributed by atoms with Crippen LogP contribution in [0.2, 0.25) is 0 Å². The van der Waals surface area contributed by atoms with Gasteiger partial charge in [0.05, 0.1) is 16.7 Å². The lowest BCUT2D eigenvalue weighted by molar-refractivity contribution is 1.30. The summed E-state index contributed by atoms with van der Waals surface area (Å²) in [5.41, 5.74) is 2.93. The number of hydrogen-bond acceptors (Lipinski definition) is 1. The van der Waals surface area contributed by atoms with Gasteiger partial charge >= 0.3 is 0 Å². The van der Waals surface area contributed by atoms with Gasteiger partial charge in [-0.1, -0.05) is 182 Å². The van der Waals surface area contributed by atoms with Crippen LogP contribution in [-0.2, 0) is 0 Å². The van der Waals surface area contributed by atoms with E-state index in [-0.39, 0.29) is 58.8 Å². The van der Waals surface area contributed by atoms with Gasteiger partial charge in [-0.3, -0.25) is 0 Å². The fourth-order valence-electron chi connectivity index (χ4n) is 7.59. The fourth-order valence-corrected chi connectivity index (χ4v) is 7.59. The van der Waals surface area contributed by atoms with Gasteiger partial charge in [-0.05, 0) is 101 Å². The normalized spacial score (nSPS) is 13.5. The highest BCUT2D eigenvalue weighted by atomic mass is 15.1. The summed E-state index contributed by atoms with van der Waals surface area (Å²) in [6, 6.07) is 49.0. The molecule has 10 aromatic rings. The lowest BCUT2D eigenvalue weighted by Crippen LogP contribution is -2.10. The van der Waals surface area contributed by atoms with Crippen LogP contribution in [0.15, 0.2) is 212 Å². The monoisotopic (exact) mass is 681 g/mol. The molecule has 10 rings (SSSR count). The minimum atomic E-state index is -0.395. The predicted molar refractivity (Wildman–Crippen MR) is 227 cm³/mol. The van der Waals surface area contributed by atoms with Crippen molar-refractivity contribution in [2.24, 2.45) is 0 Å². The van der Waals surface area contributed by atoms with Gasteiger partial charge in [0.25, 0.3) is 0 Å². The minimum Gasteiger partial charge on any atom is -0.310 e. The van der Waals surface area contributed by atoms with E-state index in [1.807, 2.05) is 133 Å². The molecule has 0 aliphatic heterocycles. The Bertz CT molecular complexity index is 3350. The van der Waals surface area contributed by atoms with E-state index in [0.717, 1.165) is 48.8 Å². The van der Waals surface area contributed by atoms with Crippen LogP contribution in [0.3, 0.4) is 0 Å².